The maximum absolute atomic E-state index is 12.7. The van der Waals surface area contributed by atoms with Gasteiger partial charge in [-0.05, 0) is 28.0 Å². The summed E-state index contributed by atoms with van der Waals surface area (Å²) in [6, 6.07) is 31.9. The number of benzene rings is 4. The van der Waals surface area contributed by atoms with E-state index in [4.69, 9.17) is 0 Å². The van der Waals surface area contributed by atoms with E-state index < -0.39 is 0 Å². The molecule has 0 N–H and O–H groups in total. The molecule has 0 unspecified atom stereocenters. The smallest absolute Gasteiger partial charge is 0.193 e. The van der Waals surface area contributed by atoms with Crippen LogP contribution in [-0.4, -0.2) is 5.78 Å². The van der Waals surface area contributed by atoms with Gasteiger partial charge >= 0.3 is 0 Å². The van der Waals surface area contributed by atoms with Crippen LogP contribution in [-0.2, 0) is 0 Å². The predicted octanol–water partition coefficient (Wildman–Crippen LogP) is 5.74. The van der Waals surface area contributed by atoms with Crippen molar-refractivity contribution in [1.82, 2.24) is 0 Å². The Morgan fingerprint density at radius 1 is 0.583 bits per heavy atom. The van der Waals surface area contributed by atoms with E-state index in [-0.39, 0.29) is 5.78 Å². The van der Waals surface area contributed by atoms with Gasteiger partial charge in [0.05, 0.1) is 0 Å². The minimum Gasteiger partial charge on any atom is -0.289 e. The van der Waals surface area contributed by atoms with Crippen LogP contribution in [0.1, 0.15) is 15.9 Å². The van der Waals surface area contributed by atoms with E-state index in [0.717, 1.165) is 11.1 Å². The Balaban J connectivity index is 1.82. The molecule has 24 heavy (non-hydrogen) atoms. The van der Waals surface area contributed by atoms with Crippen LogP contribution in [0.4, 0.5) is 0 Å². The number of hydrogen-bond donors (Lipinski definition) is 0. The Kier molecular flexibility index (Phi) is 3.68. The Hall–Kier alpha value is -3.19. The molecule has 0 aliphatic rings. The molecule has 0 atom stereocenters. The minimum atomic E-state index is 0.0534. The molecule has 4 aromatic rings. The van der Waals surface area contributed by atoms with Crippen molar-refractivity contribution in [3.8, 4) is 11.1 Å². The van der Waals surface area contributed by atoms with Crippen molar-refractivity contribution in [2.75, 3.05) is 0 Å². The summed E-state index contributed by atoms with van der Waals surface area (Å²) in [7, 11) is 0. The first-order valence-corrected chi connectivity index (χ1v) is 8.01. The molecule has 0 amide bonds. The molecule has 0 fully saturated rings. The van der Waals surface area contributed by atoms with Gasteiger partial charge in [-0.15, -0.1) is 0 Å². The summed E-state index contributed by atoms with van der Waals surface area (Å²) in [4.78, 5) is 12.7. The third kappa shape index (κ3) is 2.61. The second kappa shape index (κ2) is 6.13. The quantitative estimate of drug-likeness (QED) is 0.441. The normalized spacial score (nSPS) is 10.7. The van der Waals surface area contributed by atoms with Gasteiger partial charge < -0.3 is 0 Å². The van der Waals surface area contributed by atoms with Crippen LogP contribution in [0.3, 0.4) is 0 Å². The third-order valence-electron chi connectivity index (χ3n) is 4.26. The van der Waals surface area contributed by atoms with Crippen molar-refractivity contribution in [1.29, 1.82) is 0 Å². The summed E-state index contributed by atoms with van der Waals surface area (Å²) in [6.45, 7) is 0. The molecule has 1 heteroatoms. The van der Waals surface area contributed by atoms with E-state index in [2.05, 4.69) is 36.4 Å². The monoisotopic (exact) mass is 308 g/mol. The molecule has 0 spiro atoms. The van der Waals surface area contributed by atoms with Crippen molar-refractivity contribution in [3.63, 3.8) is 0 Å². The average Bonchev–Trinajstić information content (AvgIpc) is 2.68. The number of ketones is 1. The van der Waals surface area contributed by atoms with Crippen LogP contribution in [0.2, 0.25) is 0 Å². The van der Waals surface area contributed by atoms with Crippen molar-refractivity contribution in [2.45, 2.75) is 0 Å². The van der Waals surface area contributed by atoms with Gasteiger partial charge in [0, 0.05) is 11.1 Å². The molecule has 0 radical (unpaired) electrons. The van der Waals surface area contributed by atoms with E-state index in [1.54, 1.807) is 0 Å². The van der Waals surface area contributed by atoms with Gasteiger partial charge in [0.25, 0.3) is 0 Å². The maximum Gasteiger partial charge on any atom is 0.193 e. The maximum atomic E-state index is 12.7. The topological polar surface area (TPSA) is 17.1 Å². The molecule has 114 valence electrons. The fourth-order valence-electron chi connectivity index (χ4n) is 3.06. The van der Waals surface area contributed by atoms with Gasteiger partial charge in [0.15, 0.2) is 5.78 Å². The van der Waals surface area contributed by atoms with Crippen LogP contribution in [0, 0.1) is 0 Å². The average molecular weight is 308 g/mol. The molecule has 0 aliphatic carbocycles. The molecule has 1 nitrogen and oxygen atoms in total. The van der Waals surface area contributed by atoms with Crippen LogP contribution in [0.15, 0.2) is 97.1 Å². The Bertz CT molecular complexity index is 1010. The second-order valence-electron chi connectivity index (χ2n) is 5.80. The number of carbonyl (C=O) groups excluding carboxylic acids is 1. The molecule has 4 aromatic carbocycles. The van der Waals surface area contributed by atoms with Crippen LogP contribution < -0.4 is 0 Å². The minimum absolute atomic E-state index is 0.0534. The largest absolute Gasteiger partial charge is 0.289 e. The number of rotatable bonds is 3. The molecular formula is C23H16O. The van der Waals surface area contributed by atoms with E-state index in [0.29, 0.717) is 11.1 Å². The first kappa shape index (κ1) is 14.4. The molecule has 0 saturated heterocycles. The van der Waals surface area contributed by atoms with Crippen LogP contribution in [0.25, 0.3) is 21.9 Å². The highest BCUT2D eigenvalue weighted by molar-refractivity contribution is 6.10. The van der Waals surface area contributed by atoms with E-state index in [1.165, 1.54) is 10.8 Å². The van der Waals surface area contributed by atoms with Crippen molar-refractivity contribution < 1.29 is 4.79 Å². The zero-order valence-electron chi connectivity index (χ0n) is 13.1. The summed E-state index contributed by atoms with van der Waals surface area (Å²) in [5.74, 6) is 0.0534. The number of carbonyl (C=O) groups is 1. The number of hydrogen-bond acceptors (Lipinski definition) is 1. The summed E-state index contributed by atoms with van der Waals surface area (Å²) in [5.41, 5.74) is 3.64. The molecule has 0 saturated carbocycles. The van der Waals surface area contributed by atoms with E-state index >= 15 is 0 Å². The van der Waals surface area contributed by atoms with Crippen LogP contribution >= 0.6 is 0 Å². The first-order valence-electron chi connectivity index (χ1n) is 8.01. The lowest BCUT2D eigenvalue weighted by molar-refractivity contribution is 0.103. The van der Waals surface area contributed by atoms with E-state index in [9.17, 15) is 4.79 Å². The Morgan fingerprint density at radius 3 is 2.12 bits per heavy atom. The van der Waals surface area contributed by atoms with Crippen LogP contribution in [0.5, 0.6) is 0 Å². The SMILES string of the molecule is O=C(c1ccccc1)c1cccc(-c2cccc3ccccc23)c1. The van der Waals surface area contributed by atoms with Crippen molar-refractivity contribution >= 4 is 16.6 Å². The number of fused-ring (bicyclic) bond motifs is 1. The molecule has 0 bridgehead atoms. The van der Waals surface area contributed by atoms with Gasteiger partial charge in [-0.3, -0.25) is 4.79 Å². The summed E-state index contributed by atoms with van der Waals surface area (Å²) < 4.78 is 0. The standard InChI is InChI=1S/C23H16O/c24-23(18-9-2-1-3-10-18)20-13-6-12-19(16-20)22-15-7-11-17-8-4-5-14-21(17)22/h1-16H. The summed E-state index contributed by atoms with van der Waals surface area (Å²) in [6.07, 6.45) is 0. The predicted molar refractivity (Wildman–Crippen MR) is 99.3 cm³/mol. The fraction of sp³-hybridized carbons (Fsp3) is 0. The highest BCUT2D eigenvalue weighted by atomic mass is 16.1. The fourth-order valence-corrected chi connectivity index (χ4v) is 3.06. The highest BCUT2D eigenvalue weighted by Gasteiger charge is 2.10. The third-order valence-corrected chi connectivity index (χ3v) is 4.26. The van der Waals surface area contributed by atoms with Gasteiger partial charge in [-0.2, -0.15) is 0 Å². The second-order valence-corrected chi connectivity index (χ2v) is 5.80. The lowest BCUT2D eigenvalue weighted by atomic mass is 9.95. The van der Waals surface area contributed by atoms with Gasteiger partial charge in [-0.1, -0.05) is 91.0 Å². The zero-order valence-corrected chi connectivity index (χ0v) is 13.1. The van der Waals surface area contributed by atoms with Gasteiger partial charge in [0.2, 0.25) is 0 Å². The molecule has 0 heterocycles. The molecular weight excluding hydrogens is 292 g/mol. The summed E-state index contributed by atoms with van der Waals surface area (Å²) in [5, 5.41) is 2.40. The zero-order chi connectivity index (χ0) is 16.4. The first-order chi connectivity index (χ1) is 11.8. The Labute approximate surface area is 141 Å². The highest BCUT2D eigenvalue weighted by Crippen LogP contribution is 2.29. The van der Waals surface area contributed by atoms with Crippen molar-refractivity contribution in [2.24, 2.45) is 0 Å². The lowest BCUT2D eigenvalue weighted by Gasteiger charge is -2.09. The van der Waals surface area contributed by atoms with Crippen molar-refractivity contribution in [3.05, 3.63) is 108 Å². The summed E-state index contributed by atoms with van der Waals surface area (Å²) >= 11 is 0. The van der Waals surface area contributed by atoms with Gasteiger partial charge in [0.1, 0.15) is 0 Å². The van der Waals surface area contributed by atoms with Gasteiger partial charge in [-0.25, -0.2) is 0 Å². The Morgan fingerprint density at radius 2 is 1.25 bits per heavy atom. The molecule has 0 aromatic heterocycles. The van der Waals surface area contributed by atoms with E-state index in [1.807, 2.05) is 60.7 Å². The molecule has 4 rings (SSSR count). The molecule has 0 aliphatic heterocycles. The lowest BCUT2D eigenvalue weighted by Crippen LogP contribution is -2.00.